The number of hydrogen-bond acceptors (Lipinski definition) is 2. The van der Waals surface area contributed by atoms with Crippen LogP contribution in [-0.2, 0) is 11.2 Å². The van der Waals surface area contributed by atoms with Crippen molar-refractivity contribution in [2.45, 2.75) is 12.8 Å². The molecule has 1 aliphatic heterocycles. The van der Waals surface area contributed by atoms with Crippen molar-refractivity contribution in [2.75, 3.05) is 13.7 Å². The van der Waals surface area contributed by atoms with Crippen molar-refractivity contribution in [3.8, 4) is 0 Å². The summed E-state index contributed by atoms with van der Waals surface area (Å²) in [7, 11) is 1.38. The average molecular weight is 230 g/mol. The monoisotopic (exact) mass is 229 g/mol. The molecule has 2 rings (SSSR count). The molecule has 0 saturated carbocycles. The highest BCUT2D eigenvalue weighted by Crippen LogP contribution is 2.26. The lowest BCUT2D eigenvalue weighted by Crippen LogP contribution is -2.08. The number of alkyl halides is 1. The SMILES string of the molecule is COC(F)c1cccc2c1CCN=C2.Cl. The number of methoxy groups -OCH3 is 1. The van der Waals surface area contributed by atoms with Gasteiger partial charge in [0.2, 0.25) is 6.36 Å². The van der Waals surface area contributed by atoms with Gasteiger partial charge in [0.15, 0.2) is 0 Å². The van der Waals surface area contributed by atoms with E-state index in [1.54, 1.807) is 12.3 Å². The number of halogens is 2. The second kappa shape index (κ2) is 5.24. The summed E-state index contributed by atoms with van der Waals surface area (Å²) in [5.74, 6) is 0. The third-order valence-electron chi connectivity index (χ3n) is 2.42. The van der Waals surface area contributed by atoms with E-state index in [2.05, 4.69) is 4.99 Å². The van der Waals surface area contributed by atoms with E-state index in [1.807, 2.05) is 12.1 Å². The van der Waals surface area contributed by atoms with E-state index in [1.165, 1.54) is 7.11 Å². The van der Waals surface area contributed by atoms with E-state index in [-0.39, 0.29) is 12.4 Å². The molecule has 0 bridgehead atoms. The molecule has 1 heterocycles. The van der Waals surface area contributed by atoms with Crippen LogP contribution in [-0.4, -0.2) is 19.9 Å². The Bertz CT molecular complexity index is 368. The van der Waals surface area contributed by atoms with Gasteiger partial charge in [0.1, 0.15) is 0 Å². The molecule has 0 aliphatic carbocycles. The molecule has 4 heteroatoms. The molecular formula is C11H13ClFNO. The van der Waals surface area contributed by atoms with E-state index in [9.17, 15) is 4.39 Å². The lowest BCUT2D eigenvalue weighted by atomic mass is 9.97. The fourth-order valence-electron chi connectivity index (χ4n) is 1.71. The zero-order valence-corrected chi connectivity index (χ0v) is 9.26. The molecule has 0 fully saturated rings. The van der Waals surface area contributed by atoms with Gasteiger partial charge in [0, 0.05) is 25.4 Å². The van der Waals surface area contributed by atoms with E-state index in [0.29, 0.717) is 5.56 Å². The minimum atomic E-state index is -1.32. The van der Waals surface area contributed by atoms with Crippen LogP contribution in [0, 0.1) is 0 Å². The summed E-state index contributed by atoms with van der Waals surface area (Å²) in [6.45, 7) is 0.737. The second-order valence-corrected chi connectivity index (χ2v) is 3.25. The molecule has 0 saturated heterocycles. The van der Waals surface area contributed by atoms with Gasteiger partial charge in [0.05, 0.1) is 0 Å². The number of rotatable bonds is 2. The Balaban J connectivity index is 0.00000112. The maximum atomic E-state index is 13.4. The van der Waals surface area contributed by atoms with Crippen molar-refractivity contribution in [1.29, 1.82) is 0 Å². The van der Waals surface area contributed by atoms with Gasteiger partial charge in [-0.05, 0) is 17.5 Å². The van der Waals surface area contributed by atoms with Crippen LogP contribution in [0.5, 0.6) is 0 Å². The third kappa shape index (κ3) is 2.36. The van der Waals surface area contributed by atoms with Crippen molar-refractivity contribution >= 4 is 18.6 Å². The Morgan fingerprint density at radius 1 is 1.47 bits per heavy atom. The summed E-state index contributed by atoms with van der Waals surface area (Å²) >= 11 is 0. The lowest BCUT2D eigenvalue weighted by molar-refractivity contribution is -0.00725. The predicted molar refractivity (Wildman–Crippen MR) is 60.7 cm³/mol. The van der Waals surface area contributed by atoms with Gasteiger partial charge < -0.3 is 4.74 Å². The van der Waals surface area contributed by atoms with Crippen molar-refractivity contribution in [2.24, 2.45) is 4.99 Å². The second-order valence-electron chi connectivity index (χ2n) is 3.25. The Labute approximate surface area is 94.6 Å². The summed E-state index contributed by atoms with van der Waals surface area (Å²) in [4.78, 5) is 4.16. The molecule has 1 aliphatic rings. The van der Waals surface area contributed by atoms with Crippen LogP contribution in [0.25, 0.3) is 0 Å². The summed E-state index contributed by atoms with van der Waals surface area (Å²) in [6.07, 6.45) is 1.27. The molecule has 0 aromatic heterocycles. The molecule has 0 spiro atoms. The molecule has 0 amide bonds. The first-order valence-corrected chi connectivity index (χ1v) is 4.61. The highest BCUT2D eigenvalue weighted by atomic mass is 35.5. The number of nitrogens with zero attached hydrogens (tertiary/aromatic N) is 1. The van der Waals surface area contributed by atoms with Crippen LogP contribution in [0.15, 0.2) is 23.2 Å². The molecule has 2 nitrogen and oxygen atoms in total. The van der Waals surface area contributed by atoms with Gasteiger partial charge in [-0.15, -0.1) is 12.4 Å². The Hall–Kier alpha value is -0.930. The number of hydrogen-bond donors (Lipinski definition) is 0. The smallest absolute Gasteiger partial charge is 0.225 e. The normalized spacial score (nSPS) is 15.3. The number of ether oxygens (including phenoxy) is 1. The van der Waals surface area contributed by atoms with E-state index in [0.717, 1.165) is 24.1 Å². The summed E-state index contributed by atoms with van der Waals surface area (Å²) in [5.41, 5.74) is 2.67. The largest absolute Gasteiger partial charge is 0.348 e. The fraction of sp³-hybridized carbons (Fsp3) is 0.364. The number of fused-ring (bicyclic) bond motifs is 1. The third-order valence-corrected chi connectivity index (χ3v) is 2.42. The highest BCUT2D eigenvalue weighted by molar-refractivity contribution is 5.85. The first-order chi connectivity index (χ1) is 6.83. The highest BCUT2D eigenvalue weighted by Gasteiger charge is 2.16. The lowest BCUT2D eigenvalue weighted by Gasteiger charge is -2.16. The van der Waals surface area contributed by atoms with Gasteiger partial charge in [-0.1, -0.05) is 18.2 Å². The molecule has 1 aromatic carbocycles. The molecule has 1 aromatic rings. The maximum absolute atomic E-state index is 13.4. The Morgan fingerprint density at radius 2 is 2.27 bits per heavy atom. The van der Waals surface area contributed by atoms with Crippen molar-refractivity contribution in [1.82, 2.24) is 0 Å². The fourth-order valence-corrected chi connectivity index (χ4v) is 1.71. The van der Waals surface area contributed by atoms with E-state index >= 15 is 0 Å². The molecule has 15 heavy (non-hydrogen) atoms. The van der Waals surface area contributed by atoms with Gasteiger partial charge in [0.25, 0.3) is 0 Å². The summed E-state index contributed by atoms with van der Waals surface area (Å²) < 4.78 is 18.1. The van der Waals surface area contributed by atoms with Crippen LogP contribution in [0.1, 0.15) is 23.0 Å². The van der Waals surface area contributed by atoms with Gasteiger partial charge >= 0.3 is 0 Å². The predicted octanol–water partition coefficient (Wildman–Crippen LogP) is 2.70. The van der Waals surface area contributed by atoms with Crippen molar-refractivity contribution in [3.05, 3.63) is 34.9 Å². The minimum absolute atomic E-state index is 0. The van der Waals surface area contributed by atoms with Crippen molar-refractivity contribution in [3.63, 3.8) is 0 Å². The van der Waals surface area contributed by atoms with Gasteiger partial charge in [-0.3, -0.25) is 4.99 Å². The zero-order chi connectivity index (χ0) is 9.97. The first-order valence-electron chi connectivity index (χ1n) is 4.61. The van der Waals surface area contributed by atoms with Gasteiger partial charge in [-0.25, -0.2) is 4.39 Å². The van der Waals surface area contributed by atoms with Crippen LogP contribution in [0.3, 0.4) is 0 Å². The Morgan fingerprint density at radius 3 is 3.00 bits per heavy atom. The standard InChI is InChI=1S/C11H12FNO.ClH/c1-14-11(12)10-4-2-3-8-7-13-6-5-9(8)10;/h2-4,7,11H,5-6H2,1H3;1H. The molecular weight excluding hydrogens is 217 g/mol. The molecule has 0 radical (unpaired) electrons. The number of benzene rings is 1. The number of aliphatic imine (C=N–C) groups is 1. The van der Waals surface area contributed by atoms with Crippen LogP contribution >= 0.6 is 12.4 Å². The van der Waals surface area contributed by atoms with Crippen molar-refractivity contribution < 1.29 is 9.13 Å². The first kappa shape index (κ1) is 12.1. The maximum Gasteiger partial charge on any atom is 0.225 e. The molecule has 1 atom stereocenters. The van der Waals surface area contributed by atoms with Crippen LogP contribution < -0.4 is 0 Å². The van der Waals surface area contributed by atoms with Gasteiger partial charge in [-0.2, -0.15) is 0 Å². The zero-order valence-electron chi connectivity index (χ0n) is 8.44. The Kier molecular flexibility index (Phi) is 4.24. The average Bonchev–Trinajstić information content (AvgIpc) is 2.27. The topological polar surface area (TPSA) is 21.6 Å². The summed E-state index contributed by atoms with van der Waals surface area (Å²) in [5, 5.41) is 0. The van der Waals surface area contributed by atoms with Crippen LogP contribution in [0.4, 0.5) is 4.39 Å². The quantitative estimate of drug-likeness (QED) is 0.764. The van der Waals surface area contributed by atoms with Crippen LogP contribution in [0.2, 0.25) is 0 Å². The van der Waals surface area contributed by atoms with E-state index < -0.39 is 6.36 Å². The minimum Gasteiger partial charge on any atom is -0.348 e. The summed E-state index contributed by atoms with van der Waals surface area (Å²) in [6, 6.07) is 5.55. The van der Waals surface area contributed by atoms with E-state index in [4.69, 9.17) is 4.74 Å². The molecule has 82 valence electrons. The molecule has 0 N–H and O–H groups in total. The molecule has 1 unspecified atom stereocenters.